The Morgan fingerprint density at radius 3 is 2.11 bits per heavy atom. The number of amides is 2. The first kappa shape index (κ1) is 19.1. The minimum absolute atomic E-state index is 0.161. The van der Waals surface area contributed by atoms with Gasteiger partial charge in [0, 0.05) is 23.9 Å². The Morgan fingerprint density at radius 2 is 1.46 bits per heavy atom. The number of carboxylic acids is 1. The molecule has 2 amide bonds. The number of rotatable bonds is 5. The predicted octanol–water partition coefficient (Wildman–Crippen LogP) is 4.09. The molecule has 0 heterocycles. The zero-order valence-corrected chi connectivity index (χ0v) is 15.4. The fraction of sp³-hybridized carbons (Fsp3) is 0.136. The average Bonchev–Trinajstić information content (AvgIpc) is 2.69. The first-order valence-electron chi connectivity index (χ1n) is 8.88. The molecule has 0 fully saturated rings. The smallest absolute Gasteiger partial charge is 0.336 e. The summed E-state index contributed by atoms with van der Waals surface area (Å²) in [5.74, 6) is -1.51. The van der Waals surface area contributed by atoms with Gasteiger partial charge in [-0.15, -0.1) is 0 Å². The molecule has 0 atom stereocenters. The molecule has 0 saturated heterocycles. The highest BCUT2D eigenvalue weighted by molar-refractivity contribution is 6.16. The van der Waals surface area contributed by atoms with Gasteiger partial charge in [-0.2, -0.15) is 0 Å². The van der Waals surface area contributed by atoms with Crippen LogP contribution in [0.3, 0.4) is 0 Å². The number of carbonyl (C=O) groups excluding carboxylic acids is 2. The third-order valence-electron chi connectivity index (χ3n) is 4.31. The standard InChI is InChI=1S/C22H20N2O4/c1-14(25)23-15-10-12-16(13-11-15)24-21(26)19-8-4-2-6-17(19)18-7-3-5-9-20(18)22(27)28/h3,5-13H,2,4H2,1H3,(H,23,25)(H,24,26)(H,27,28). The lowest BCUT2D eigenvalue weighted by Gasteiger charge is -2.18. The summed E-state index contributed by atoms with van der Waals surface area (Å²) in [6, 6.07) is 13.4. The molecule has 6 heteroatoms. The molecule has 142 valence electrons. The molecule has 2 aromatic carbocycles. The second kappa shape index (κ2) is 8.35. The number of carboxylic acid groups (broad SMARTS) is 1. The maximum atomic E-state index is 12.9. The van der Waals surface area contributed by atoms with Gasteiger partial charge in [-0.3, -0.25) is 9.59 Å². The molecule has 1 aliphatic carbocycles. The second-order valence-corrected chi connectivity index (χ2v) is 6.38. The second-order valence-electron chi connectivity index (χ2n) is 6.38. The van der Waals surface area contributed by atoms with Crippen molar-refractivity contribution >= 4 is 34.7 Å². The van der Waals surface area contributed by atoms with Crippen molar-refractivity contribution in [3.05, 3.63) is 77.4 Å². The number of allylic oxidation sites excluding steroid dienone is 2. The van der Waals surface area contributed by atoms with E-state index in [9.17, 15) is 19.5 Å². The Balaban J connectivity index is 1.83. The van der Waals surface area contributed by atoms with Crippen LogP contribution >= 0.6 is 0 Å². The van der Waals surface area contributed by atoms with Crippen LogP contribution in [0.5, 0.6) is 0 Å². The van der Waals surface area contributed by atoms with Crippen LogP contribution in [0, 0.1) is 0 Å². The van der Waals surface area contributed by atoms with Gasteiger partial charge in [0.2, 0.25) is 5.91 Å². The fourth-order valence-corrected chi connectivity index (χ4v) is 3.09. The normalized spacial score (nSPS) is 13.2. The molecule has 3 N–H and O–H groups in total. The van der Waals surface area contributed by atoms with Crippen molar-refractivity contribution in [1.29, 1.82) is 0 Å². The highest BCUT2D eigenvalue weighted by Crippen LogP contribution is 2.31. The topological polar surface area (TPSA) is 95.5 Å². The number of benzene rings is 2. The quantitative estimate of drug-likeness (QED) is 0.732. The van der Waals surface area contributed by atoms with E-state index in [1.54, 1.807) is 42.5 Å². The molecule has 1 aliphatic rings. The third kappa shape index (κ3) is 4.35. The number of hydrogen-bond donors (Lipinski definition) is 3. The SMILES string of the molecule is CC(=O)Nc1ccc(NC(=O)C2=CCCC=C2c2ccccc2C(=O)O)cc1. The summed E-state index contributed by atoms with van der Waals surface area (Å²) in [5.41, 5.74) is 2.98. The number of carbonyl (C=O) groups is 3. The molecule has 0 saturated carbocycles. The summed E-state index contributed by atoms with van der Waals surface area (Å²) in [4.78, 5) is 35.5. The maximum Gasteiger partial charge on any atom is 0.336 e. The molecule has 2 aromatic rings. The van der Waals surface area contributed by atoms with Crippen LogP contribution in [-0.2, 0) is 9.59 Å². The van der Waals surface area contributed by atoms with Crippen LogP contribution in [-0.4, -0.2) is 22.9 Å². The number of hydrogen-bond acceptors (Lipinski definition) is 3. The number of nitrogens with one attached hydrogen (secondary N) is 2. The molecule has 0 aromatic heterocycles. The molecule has 3 rings (SSSR count). The lowest BCUT2D eigenvalue weighted by atomic mass is 9.88. The largest absolute Gasteiger partial charge is 0.478 e. The summed E-state index contributed by atoms with van der Waals surface area (Å²) in [7, 11) is 0. The minimum Gasteiger partial charge on any atom is -0.478 e. The summed E-state index contributed by atoms with van der Waals surface area (Å²) in [6.45, 7) is 1.42. The van der Waals surface area contributed by atoms with Crippen LogP contribution in [0.2, 0.25) is 0 Å². The molecule has 0 unspecified atom stereocenters. The highest BCUT2D eigenvalue weighted by Gasteiger charge is 2.22. The Morgan fingerprint density at radius 1 is 0.857 bits per heavy atom. The monoisotopic (exact) mass is 376 g/mol. The molecule has 6 nitrogen and oxygen atoms in total. The van der Waals surface area contributed by atoms with Gasteiger partial charge in [-0.1, -0.05) is 30.4 Å². The van der Waals surface area contributed by atoms with E-state index in [0.717, 1.165) is 6.42 Å². The summed E-state index contributed by atoms with van der Waals surface area (Å²) in [5, 5.41) is 15.0. The Bertz CT molecular complexity index is 988. The fourth-order valence-electron chi connectivity index (χ4n) is 3.09. The summed E-state index contributed by atoms with van der Waals surface area (Å²) in [6.07, 6.45) is 5.18. The van der Waals surface area contributed by atoms with Crippen LogP contribution in [0.1, 0.15) is 35.7 Å². The lowest BCUT2D eigenvalue weighted by Crippen LogP contribution is -2.18. The number of anilines is 2. The minimum atomic E-state index is -1.03. The van der Waals surface area contributed by atoms with Gasteiger partial charge in [0.25, 0.3) is 5.91 Å². The van der Waals surface area contributed by atoms with E-state index in [1.165, 1.54) is 13.0 Å². The van der Waals surface area contributed by atoms with Gasteiger partial charge in [-0.05, 0) is 54.3 Å². The van der Waals surface area contributed by atoms with Gasteiger partial charge in [-0.25, -0.2) is 4.79 Å². The van der Waals surface area contributed by atoms with Crippen molar-refractivity contribution in [1.82, 2.24) is 0 Å². The molecule has 0 aliphatic heterocycles. The van der Waals surface area contributed by atoms with E-state index < -0.39 is 5.97 Å². The van der Waals surface area contributed by atoms with Gasteiger partial charge in [0.15, 0.2) is 0 Å². The van der Waals surface area contributed by atoms with Crippen LogP contribution in [0.15, 0.2) is 66.3 Å². The van der Waals surface area contributed by atoms with E-state index in [0.29, 0.717) is 34.5 Å². The molecule has 0 spiro atoms. The van der Waals surface area contributed by atoms with Gasteiger partial charge >= 0.3 is 5.97 Å². The Labute approximate surface area is 162 Å². The van der Waals surface area contributed by atoms with Crippen molar-refractivity contribution in [2.75, 3.05) is 10.6 Å². The molecular weight excluding hydrogens is 356 g/mol. The predicted molar refractivity (Wildman–Crippen MR) is 108 cm³/mol. The van der Waals surface area contributed by atoms with Gasteiger partial charge in [0.1, 0.15) is 0 Å². The van der Waals surface area contributed by atoms with Gasteiger partial charge in [0.05, 0.1) is 5.56 Å². The van der Waals surface area contributed by atoms with Crippen molar-refractivity contribution < 1.29 is 19.5 Å². The zero-order chi connectivity index (χ0) is 20.1. The lowest BCUT2D eigenvalue weighted by molar-refractivity contribution is -0.114. The maximum absolute atomic E-state index is 12.9. The molecule has 0 radical (unpaired) electrons. The van der Waals surface area contributed by atoms with E-state index in [2.05, 4.69) is 10.6 Å². The van der Waals surface area contributed by atoms with E-state index >= 15 is 0 Å². The zero-order valence-electron chi connectivity index (χ0n) is 15.4. The first-order chi connectivity index (χ1) is 13.5. The van der Waals surface area contributed by atoms with Crippen LogP contribution in [0.25, 0.3) is 5.57 Å². The van der Waals surface area contributed by atoms with E-state index in [1.807, 2.05) is 12.2 Å². The van der Waals surface area contributed by atoms with Crippen molar-refractivity contribution in [2.24, 2.45) is 0 Å². The van der Waals surface area contributed by atoms with Crippen LogP contribution < -0.4 is 10.6 Å². The molecular formula is C22H20N2O4. The van der Waals surface area contributed by atoms with Gasteiger partial charge < -0.3 is 15.7 Å². The third-order valence-corrected chi connectivity index (χ3v) is 4.31. The molecule has 28 heavy (non-hydrogen) atoms. The molecule has 0 bridgehead atoms. The first-order valence-corrected chi connectivity index (χ1v) is 8.88. The van der Waals surface area contributed by atoms with E-state index in [4.69, 9.17) is 0 Å². The van der Waals surface area contributed by atoms with E-state index in [-0.39, 0.29) is 17.4 Å². The highest BCUT2D eigenvalue weighted by atomic mass is 16.4. The van der Waals surface area contributed by atoms with Crippen LogP contribution in [0.4, 0.5) is 11.4 Å². The summed E-state index contributed by atoms with van der Waals surface area (Å²) >= 11 is 0. The Hall–Kier alpha value is -3.67. The Kier molecular flexibility index (Phi) is 5.69. The summed E-state index contributed by atoms with van der Waals surface area (Å²) < 4.78 is 0. The van der Waals surface area contributed by atoms with Crippen molar-refractivity contribution in [2.45, 2.75) is 19.8 Å². The van der Waals surface area contributed by atoms with Crippen molar-refractivity contribution in [3.8, 4) is 0 Å². The van der Waals surface area contributed by atoms with Crippen molar-refractivity contribution in [3.63, 3.8) is 0 Å². The number of aromatic carboxylic acids is 1. The average molecular weight is 376 g/mol.